The van der Waals surface area contributed by atoms with Crippen LogP contribution in [0.4, 0.5) is 0 Å². The van der Waals surface area contributed by atoms with Crippen LogP contribution in [0.1, 0.15) is 13.8 Å². The van der Waals surface area contributed by atoms with E-state index in [9.17, 15) is 9.59 Å². The van der Waals surface area contributed by atoms with Gasteiger partial charge < -0.3 is 22.3 Å². The van der Waals surface area contributed by atoms with Crippen molar-refractivity contribution in [3.8, 4) is 0 Å². The molecule has 0 aliphatic heterocycles. The predicted molar refractivity (Wildman–Crippen MR) is 46.6 cm³/mol. The summed E-state index contributed by atoms with van der Waals surface area (Å²) in [6.45, 7) is 2.80. The molecule has 0 heterocycles. The third-order valence-corrected chi connectivity index (χ3v) is 1.96. The monoisotopic (exact) mass is 189 g/mol. The van der Waals surface area contributed by atoms with E-state index in [0.29, 0.717) is 0 Å². The van der Waals surface area contributed by atoms with Crippen LogP contribution in [0.15, 0.2) is 0 Å². The number of nitrogens with two attached hydrogens (primary N) is 3. The van der Waals surface area contributed by atoms with Crippen LogP contribution in [0.3, 0.4) is 0 Å². The van der Waals surface area contributed by atoms with Crippen molar-refractivity contribution < 1.29 is 14.7 Å². The van der Waals surface area contributed by atoms with E-state index in [4.69, 9.17) is 22.3 Å². The van der Waals surface area contributed by atoms with Crippen molar-refractivity contribution >= 4 is 11.8 Å². The van der Waals surface area contributed by atoms with Crippen LogP contribution in [0.2, 0.25) is 0 Å². The van der Waals surface area contributed by atoms with Gasteiger partial charge in [-0.25, -0.2) is 4.79 Å². The van der Waals surface area contributed by atoms with E-state index in [2.05, 4.69) is 0 Å². The zero-order valence-electron chi connectivity index (χ0n) is 7.65. The van der Waals surface area contributed by atoms with E-state index < -0.39 is 29.4 Å². The van der Waals surface area contributed by atoms with Crippen LogP contribution in [-0.4, -0.2) is 28.6 Å². The highest BCUT2D eigenvalue weighted by Crippen LogP contribution is 2.11. The summed E-state index contributed by atoms with van der Waals surface area (Å²) in [7, 11) is 0. The first-order chi connectivity index (χ1) is 5.71. The molecule has 0 aromatic rings. The smallest absolute Gasteiger partial charge is 0.339 e. The lowest BCUT2D eigenvalue weighted by Gasteiger charge is -2.26. The fraction of sp³-hybridized carbons (Fsp3) is 0.714. The van der Waals surface area contributed by atoms with Crippen molar-refractivity contribution in [1.82, 2.24) is 0 Å². The molecule has 0 bridgehead atoms. The molecule has 2 atom stereocenters. The Bertz CT molecular complexity index is 225. The first-order valence-corrected chi connectivity index (χ1v) is 3.81. The van der Waals surface area contributed by atoms with Crippen LogP contribution in [-0.2, 0) is 9.59 Å². The molecule has 0 saturated carbocycles. The summed E-state index contributed by atoms with van der Waals surface area (Å²) < 4.78 is 0. The van der Waals surface area contributed by atoms with Crippen molar-refractivity contribution in [3.63, 3.8) is 0 Å². The second kappa shape index (κ2) is 3.82. The van der Waals surface area contributed by atoms with E-state index in [0.717, 1.165) is 0 Å². The zero-order chi connectivity index (χ0) is 10.8. The molecule has 6 nitrogen and oxygen atoms in total. The average molecular weight is 189 g/mol. The lowest BCUT2D eigenvalue weighted by molar-refractivity contribution is -0.148. The third-order valence-electron chi connectivity index (χ3n) is 1.96. The van der Waals surface area contributed by atoms with Crippen LogP contribution in [0.5, 0.6) is 0 Å². The summed E-state index contributed by atoms with van der Waals surface area (Å²) in [6.07, 6.45) is 0. The number of rotatable bonds is 4. The Hall–Kier alpha value is -0.980. The zero-order valence-corrected chi connectivity index (χ0v) is 7.65. The molecule has 0 amide bonds. The van der Waals surface area contributed by atoms with Crippen molar-refractivity contribution in [2.75, 3.05) is 0 Å². The van der Waals surface area contributed by atoms with Crippen LogP contribution in [0.25, 0.3) is 0 Å². The largest absolute Gasteiger partial charge is 0.479 e. The van der Waals surface area contributed by atoms with Crippen molar-refractivity contribution in [2.45, 2.75) is 25.6 Å². The highest BCUT2D eigenvalue weighted by molar-refractivity contribution is 5.92. The number of Topliss-reactive ketones (excluding diaryl/α,β-unsaturated/α-hetero) is 1. The minimum absolute atomic E-state index is 0.465. The fourth-order valence-electron chi connectivity index (χ4n) is 0.815. The molecule has 0 spiro atoms. The molecule has 7 N–H and O–H groups in total. The number of carbonyl (C=O) groups excluding carboxylic acids is 1. The Morgan fingerprint density at radius 2 is 1.69 bits per heavy atom. The van der Waals surface area contributed by atoms with Gasteiger partial charge in [0, 0.05) is 0 Å². The molecule has 76 valence electrons. The third kappa shape index (κ3) is 2.48. The van der Waals surface area contributed by atoms with Gasteiger partial charge in [-0.1, -0.05) is 6.92 Å². The van der Waals surface area contributed by atoms with E-state index in [-0.39, 0.29) is 0 Å². The molecule has 0 aliphatic rings. The lowest BCUT2D eigenvalue weighted by Crippen LogP contribution is -2.64. The first-order valence-electron chi connectivity index (χ1n) is 3.81. The average Bonchev–Trinajstić information content (AvgIpc) is 2.01. The molecule has 0 aromatic carbocycles. The molecule has 0 rings (SSSR count). The first kappa shape index (κ1) is 12.0. The van der Waals surface area contributed by atoms with Gasteiger partial charge >= 0.3 is 5.97 Å². The van der Waals surface area contributed by atoms with Crippen molar-refractivity contribution in [1.29, 1.82) is 0 Å². The van der Waals surface area contributed by atoms with Gasteiger partial charge in [0.05, 0.1) is 12.0 Å². The molecule has 0 aliphatic carbocycles. The SMILES string of the molecule is CC(N)C(=O)C(C)C(N)(N)C(=O)O. The maximum atomic E-state index is 11.2. The highest BCUT2D eigenvalue weighted by Gasteiger charge is 2.40. The van der Waals surface area contributed by atoms with E-state index in [1.54, 1.807) is 0 Å². The topological polar surface area (TPSA) is 132 Å². The number of carboxylic acid groups (broad SMARTS) is 1. The number of aliphatic carboxylic acids is 1. The summed E-state index contributed by atoms with van der Waals surface area (Å²) >= 11 is 0. The standard InChI is InChI=1S/C7H15N3O3/c1-3(5(11)4(2)8)7(9,10)6(12)13/h3-4H,8-10H2,1-2H3,(H,12,13). The van der Waals surface area contributed by atoms with E-state index in [1.165, 1.54) is 13.8 Å². The van der Waals surface area contributed by atoms with E-state index >= 15 is 0 Å². The molecule has 0 fully saturated rings. The summed E-state index contributed by atoms with van der Waals surface area (Å²) in [5, 5.41) is 8.60. The molecular weight excluding hydrogens is 174 g/mol. The van der Waals surface area contributed by atoms with Crippen molar-refractivity contribution in [3.05, 3.63) is 0 Å². The molecule has 13 heavy (non-hydrogen) atoms. The summed E-state index contributed by atoms with van der Waals surface area (Å²) in [5.74, 6) is -2.90. The second-order valence-corrected chi connectivity index (χ2v) is 3.15. The van der Waals surface area contributed by atoms with E-state index in [1.807, 2.05) is 0 Å². The molecular formula is C7H15N3O3. The summed E-state index contributed by atoms with van der Waals surface area (Å²) in [4.78, 5) is 21.8. The Morgan fingerprint density at radius 3 is 1.92 bits per heavy atom. The fourth-order valence-corrected chi connectivity index (χ4v) is 0.815. The Morgan fingerprint density at radius 1 is 1.31 bits per heavy atom. The van der Waals surface area contributed by atoms with Gasteiger partial charge in [-0.05, 0) is 6.92 Å². The Balaban J connectivity index is 4.68. The van der Waals surface area contributed by atoms with Gasteiger partial charge in [0.25, 0.3) is 0 Å². The number of carboxylic acids is 1. The normalized spacial score (nSPS) is 16.4. The molecule has 2 unspecified atom stereocenters. The Kier molecular flexibility index (Phi) is 3.53. The quantitative estimate of drug-likeness (QED) is 0.387. The second-order valence-electron chi connectivity index (χ2n) is 3.15. The van der Waals surface area contributed by atoms with Crippen molar-refractivity contribution in [2.24, 2.45) is 23.1 Å². The molecule has 6 heteroatoms. The number of hydrogen-bond donors (Lipinski definition) is 4. The minimum Gasteiger partial charge on any atom is -0.479 e. The van der Waals surface area contributed by atoms with Crippen LogP contribution < -0.4 is 17.2 Å². The molecule has 0 aromatic heterocycles. The van der Waals surface area contributed by atoms with Crippen LogP contribution >= 0.6 is 0 Å². The number of hydrogen-bond acceptors (Lipinski definition) is 5. The molecule has 0 radical (unpaired) electrons. The van der Waals surface area contributed by atoms with Crippen LogP contribution in [0, 0.1) is 5.92 Å². The number of carbonyl (C=O) groups is 2. The Labute approximate surface area is 76.1 Å². The van der Waals surface area contributed by atoms with Gasteiger partial charge in [-0.2, -0.15) is 0 Å². The van der Waals surface area contributed by atoms with Gasteiger partial charge in [0.2, 0.25) is 0 Å². The van der Waals surface area contributed by atoms with Gasteiger partial charge in [0.1, 0.15) is 0 Å². The minimum atomic E-state index is -2.05. The maximum Gasteiger partial charge on any atom is 0.339 e. The maximum absolute atomic E-state index is 11.2. The number of ketones is 1. The lowest BCUT2D eigenvalue weighted by atomic mass is 9.89. The molecule has 0 saturated heterocycles. The predicted octanol–water partition coefficient (Wildman–Crippen LogP) is -1.76. The summed E-state index contributed by atoms with van der Waals surface area (Å²) in [6, 6.07) is -0.763. The van der Waals surface area contributed by atoms with Gasteiger partial charge in [-0.3, -0.25) is 4.79 Å². The van der Waals surface area contributed by atoms with Gasteiger partial charge in [0.15, 0.2) is 11.4 Å². The summed E-state index contributed by atoms with van der Waals surface area (Å²) in [5.41, 5.74) is 13.7. The highest BCUT2D eigenvalue weighted by atomic mass is 16.4. The van der Waals surface area contributed by atoms with Gasteiger partial charge in [-0.15, -0.1) is 0 Å².